The van der Waals surface area contributed by atoms with Crippen LogP contribution in [-0.4, -0.2) is 45.3 Å². The van der Waals surface area contributed by atoms with E-state index in [1.165, 1.54) is 0 Å². The van der Waals surface area contributed by atoms with Gasteiger partial charge in [0.1, 0.15) is 11.9 Å². The van der Waals surface area contributed by atoms with Crippen LogP contribution < -0.4 is 16.2 Å². The summed E-state index contributed by atoms with van der Waals surface area (Å²) in [6.07, 6.45) is 2.36. The first-order valence-electron chi connectivity index (χ1n) is 10.4. The van der Waals surface area contributed by atoms with Gasteiger partial charge in [-0.2, -0.15) is 11.8 Å². The molecule has 0 aliphatic carbocycles. The molecule has 3 rings (SSSR count). The highest BCUT2D eigenvalue weighted by molar-refractivity contribution is 7.98. The predicted octanol–water partition coefficient (Wildman–Crippen LogP) is 2.68. The quantitative estimate of drug-likeness (QED) is 0.455. The number of carbonyl (C=O) groups excluding carboxylic acids is 3. The topological polar surface area (TPSA) is 105 Å². The Morgan fingerprint density at radius 3 is 2.47 bits per heavy atom. The van der Waals surface area contributed by atoms with Gasteiger partial charge in [-0.3, -0.25) is 25.2 Å². The van der Waals surface area contributed by atoms with Crippen molar-refractivity contribution in [1.82, 2.24) is 25.7 Å². The average molecular weight is 454 g/mol. The molecule has 0 saturated heterocycles. The van der Waals surface area contributed by atoms with Crippen LogP contribution in [0.3, 0.4) is 0 Å². The Labute approximate surface area is 191 Å². The molecule has 9 heteroatoms. The van der Waals surface area contributed by atoms with Gasteiger partial charge in [0.05, 0.1) is 11.0 Å². The van der Waals surface area contributed by atoms with Crippen LogP contribution in [0, 0.1) is 6.92 Å². The molecule has 0 aliphatic heterocycles. The Balaban J connectivity index is 1.65. The van der Waals surface area contributed by atoms with Gasteiger partial charge in [-0.1, -0.05) is 18.2 Å². The summed E-state index contributed by atoms with van der Waals surface area (Å²) in [5, 5.41) is 2.74. The maximum atomic E-state index is 12.7. The lowest BCUT2D eigenvalue weighted by Gasteiger charge is -2.18. The fraction of sp³-hybridized carbons (Fsp3) is 0.304. The fourth-order valence-corrected chi connectivity index (χ4v) is 3.88. The summed E-state index contributed by atoms with van der Waals surface area (Å²) in [6, 6.07) is 13.1. The van der Waals surface area contributed by atoms with Crippen molar-refractivity contribution >= 4 is 40.5 Å². The standard InChI is InChI=1S/C23H27N5O3S/c1-4-28-15(2)24-19-14-17(10-11-20(19)28)22(30)26-27-23(31)18(12-13-32-3)25-21(29)16-8-6-5-7-9-16/h5-11,14,18H,4,12-13H2,1-3H3,(H,25,29)(H,26,30)(H,27,31). The second-order valence-electron chi connectivity index (χ2n) is 7.22. The molecular formula is C23H27N5O3S. The van der Waals surface area contributed by atoms with Crippen molar-refractivity contribution in [3.63, 3.8) is 0 Å². The Bertz CT molecular complexity index is 1110. The maximum absolute atomic E-state index is 12.7. The lowest BCUT2D eigenvalue weighted by molar-refractivity contribution is -0.123. The summed E-state index contributed by atoms with van der Waals surface area (Å²) in [6.45, 7) is 4.74. The van der Waals surface area contributed by atoms with Gasteiger partial charge in [0.25, 0.3) is 17.7 Å². The third-order valence-electron chi connectivity index (χ3n) is 5.09. The number of carbonyl (C=O) groups is 3. The minimum Gasteiger partial charge on any atom is -0.340 e. The first kappa shape index (κ1) is 23.3. The van der Waals surface area contributed by atoms with Gasteiger partial charge >= 0.3 is 0 Å². The van der Waals surface area contributed by atoms with Crippen molar-refractivity contribution in [2.24, 2.45) is 0 Å². The summed E-state index contributed by atoms with van der Waals surface area (Å²) in [7, 11) is 0. The van der Waals surface area contributed by atoms with E-state index >= 15 is 0 Å². The number of nitrogens with one attached hydrogen (secondary N) is 3. The van der Waals surface area contributed by atoms with Crippen molar-refractivity contribution in [3.05, 3.63) is 65.5 Å². The second kappa shape index (κ2) is 10.8. The third kappa shape index (κ3) is 5.47. The molecule has 0 saturated carbocycles. The molecule has 0 radical (unpaired) electrons. The van der Waals surface area contributed by atoms with Crippen LogP contribution in [0.1, 0.15) is 39.9 Å². The number of hydrazine groups is 1. The van der Waals surface area contributed by atoms with Crippen LogP contribution in [0.2, 0.25) is 0 Å². The first-order chi connectivity index (χ1) is 15.4. The number of aryl methyl sites for hydroxylation is 2. The number of hydrogen-bond donors (Lipinski definition) is 3. The number of nitrogens with zero attached hydrogens (tertiary/aromatic N) is 2. The Morgan fingerprint density at radius 2 is 1.78 bits per heavy atom. The van der Waals surface area contributed by atoms with E-state index in [2.05, 4.69) is 25.7 Å². The van der Waals surface area contributed by atoms with E-state index < -0.39 is 17.9 Å². The largest absolute Gasteiger partial charge is 0.340 e. The van der Waals surface area contributed by atoms with Gasteiger partial charge in [0.2, 0.25) is 0 Å². The summed E-state index contributed by atoms with van der Waals surface area (Å²) < 4.78 is 2.06. The van der Waals surface area contributed by atoms with Gasteiger partial charge in [0.15, 0.2) is 0 Å². The molecule has 2 aromatic carbocycles. The van der Waals surface area contributed by atoms with Crippen LogP contribution in [0.5, 0.6) is 0 Å². The highest BCUT2D eigenvalue weighted by Crippen LogP contribution is 2.17. The Hall–Kier alpha value is -3.33. The molecule has 8 nitrogen and oxygen atoms in total. The fourth-order valence-electron chi connectivity index (χ4n) is 3.40. The van der Waals surface area contributed by atoms with E-state index in [1.54, 1.807) is 48.2 Å². The highest BCUT2D eigenvalue weighted by Gasteiger charge is 2.22. The molecular weight excluding hydrogens is 426 g/mol. The monoisotopic (exact) mass is 453 g/mol. The molecule has 3 N–H and O–H groups in total. The van der Waals surface area contributed by atoms with Crippen molar-refractivity contribution in [2.45, 2.75) is 32.9 Å². The van der Waals surface area contributed by atoms with Crippen molar-refractivity contribution < 1.29 is 14.4 Å². The third-order valence-corrected chi connectivity index (χ3v) is 5.73. The minimum absolute atomic E-state index is 0.342. The minimum atomic E-state index is -0.777. The molecule has 1 unspecified atom stereocenters. The van der Waals surface area contributed by atoms with Crippen molar-refractivity contribution in [2.75, 3.05) is 12.0 Å². The molecule has 1 atom stereocenters. The van der Waals surface area contributed by atoms with Crippen molar-refractivity contribution in [3.8, 4) is 0 Å². The molecule has 32 heavy (non-hydrogen) atoms. The number of imidazole rings is 1. The Kier molecular flexibility index (Phi) is 7.88. The van der Waals surface area contributed by atoms with Gasteiger partial charge < -0.3 is 9.88 Å². The average Bonchev–Trinajstić information content (AvgIpc) is 3.14. The molecule has 1 aromatic heterocycles. The van der Waals surface area contributed by atoms with E-state index in [0.29, 0.717) is 23.3 Å². The molecule has 0 bridgehead atoms. The molecule has 3 amide bonds. The van der Waals surface area contributed by atoms with Crippen LogP contribution in [0.25, 0.3) is 11.0 Å². The molecule has 0 aliphatic rings. The summed E-state index contributed by atoms with van der Waals surface area (Å²) >= 11 is 1.57. The lowest BCUT2D eigenvalue weighted by Crippen LogP contribution is -2.52. The number of fused-ring (bicyclic) bond motifs is 1. The Morgan fingerprint density at radius 1 is 1.03 bits per heavy atom. The number of hydrogen-bond acceptors (Lipinski definition) is 5. The summed E-state index contributed by atoms with van der Waals surface area (Å²) in [4.78, 5) is 42.2. The number of thioether (sulfide) groups is 1. The van der Waals surface area contributed by atoms with Gasteiger partial charge in [-0.25, -0.2) is 4.98 Å². The normalized spacial score (nSPS) is 11.7. The summed E-state index contributed by atoms with van der Waals surface area (Å²) in [5.41, 5.74) is 7.39. The highest BCUT2D eigenvalue weighted by atomic mass is 32.2. The zero-order valence-electron chi connectivity index (χ0n) is 18.3. The SMILES string of the molecule is CCn1c(C)nc2cc(C(=O)NNC(=O)C(CCSC)NC(=O)c3ccccc3)ccc21. The van der Waals surface area contributed by atoms with Crippen LogP contribution in [-0.2, 0) is 11.3 Å². The van der Waals surface area contributed by atoms with Crippen molar-refractivity contribution in [1.29, 1.82) is 0 Å². The molecule has 0 fully saturated rings. The molecule has 1 heterocycles. The lowest BCUT2D eigenvalue weighted by atomic mass is 10.1. The molecule has 168 valence electrons. The maximum Gasteiger partial charge on any atom is 0.269 e. The zero-order valence-corrected chi connectivity index (χ0v) is 19.2. The number of amides is 3. The van der Waals surface area contributed by atoms with E-state index in [4.69, 9.17) is 0 Å². The van der Waals surface area contributed by atoms with E-state index in [-0.39, 0.29) is 5.91 Å². The van der Waals surface area contributed by atoms with Crippen LogP contribution in [0.4, 0.5) is 0 Å². The zero-order chi connectivity index (χ0) is 23.1. The van der Waals surface area contributed by atoms with Gasteiger partial charge in [-0.05, 0) is 62.6 Å². The number of aromatic nitrogens is 2. The number of benzene rings is 2. The summed E-state index contributed by atoms with van der Waals surface area (Å²) in [5.74, 6) is 0.271. The molecule has 3 aromatic rings. The van der Waals surface area contributed by atoms with E-state index in [1.807, 2.05) is 32.2 Å². The second-order valence-corrected chi connectivity index (χ2v) is 8.21. The van der Waals surface area contributed by atoms with Crippen LogP contribution >= 0.6 is 11.8 Å². The van der Waals surface area contributed by atoms with E-state index in [0.717, 1.165) is 23.4 Å². The number of rotatable bonds is 8. The van der Waals surface area contributed by atoms with Gasteiger partial charge in [-0.15, -0.1) is 0 Å². The van der Waals surface area contributed by atoms with Gasteiger partial charge in [0, 0.05) is 17.7 Å². The molecule has 0 spiro atoms. The van der Waals surface area contributed by atoms with E-state index in [9.17, 15) is 14.4 Å². The van der Waals surface area contributed by atoms with Crippen LogP contribution in [0.15, 0.2) is 48.5 Å². The smallest absolute Gasteiger partial charge is 0.269 e. The predicted molar refractivity (Wildman–Crippen MR) is 126 cm³/mol. The first-order valence-corrected chi connectivity index (χ1v) is 11.8.